The highest BCUT2D eigenvalue weighted by Gasteiger charge is 2.36. The van der Waals surface area contributed by atoms with Crippen molar-refractivity contribution in [2.75, 3.05) is 26.4 Å². The molecular formula is C42H47N3O10. The zero-order valence-electron chi connectivity index (χ0n) is 31.0. The number of allylic oxidation sites excluding steroid dienone is 1. The molecule has 0 radical (unpaired) electrons. The minimum Gasteiger partial charge on any atom is -0.507 e. The molecule has 2 bridgehead atoms. The fourth-order valence-electron chi connectivity index (χ4n) is 8.36. The summed E-state index contributed by atoms with van der Waals surface area (Å²) in [6.07, 6.45) is 6.65. The molecule has 4 aliphatic heterocycles. The van der Waals surface area contributed by atoms with E-state index in [-0.39, 0.29) is 77.7 Å². The average molecular weight is 754 g/mol. The predicted molar refractivity (Wildman–Crippen MR) is 201 cm³/mol. The van der Waals surface area contributed by atoms with Crippen molar-refractivity contribution < 1.29 is 43.6 Å². The molecular weight excluding hydrogens is 706 g/mol. The SMILES string of the molecule is C[C@H]1CCCC(=O)CCC/C=C/c2cc(O)c(C(CC(=O)NCCC(=O)N3C[C@H]4C[C@@H](C3)c3cccc(=O)n3C4)c3ccc4c(c3)OCO4)c(O)c2C(=O)O1. The Morgan fingerprint density at radius 3 is 2.65 bits per heavy atom. The number of ether oxygens (including phenoxy) is 3. The van der Waals surface area contributed by atoms with Crippen molar-refractivity contribution in [3.8, 4) is 23.0 Å². The first kappa shape index (κ1) is 37.7. The van der Waals surface area contributed by atoms with Crippen molar-refractivity contribution in [2.45, 2.75) is 89.2 Å². The standard InChI is InChI=1S/C42H47N3O10/c1-25-7-5-10-30(46)9-4-2-3-8-28-18-33(47)40(41(51)39(28)42(52)55-25)31(27-13-14-34-35(19-27)54-24-53-34)20-36(48)43-16-15-37(49)44-21-26-17-29(23-44)32-11-6-12-38(50)45(32)22-26/h3,6,8,11-14,18-19,25-26,29,31,47,51H,2,4-5,7,9-10,15-17,20-24H2,1H3,(H,43,48)/b8-3+/t25-,26+,29-,31?/m0/s1. The number of Topliss-reactive ketones (excluding diaryl/α,β-unsaturated/α-hetero) is 1. The first-order valence-electron chi connectivity index (χ1n) is 19.2. The van der Waals surface area contributed by atoms with E-state index in [2.05, 4.69) is 5.32 Å². The van der Waals surface area contributed by atoms with Gasteiger partial charge in [-0.3, -0.25) is 19.2 Å². The number of hydrogen-bond acceptors (Lipinski definition) is 10. The molecule has 3 aromatic rings. The molecule has 1 aromatic heterocycles. The van der Waals surface area contributed by atoms with Crippen LogP contribution in [-0.2, 0) is 25.7 Å². The Hall–Kier alpha value is -5.59. The molecule has 55 heavy (non-hydrogen) atoms. The Labute approximate surface area is 318 Å². The van der Waals surface area contributed by atoms with Crippen molar-refractivity contribution in [1.82, 2.24) is 14.8 Å². The number of aromatic hydroxyl groups is 2. The molecule has 13 heteroatoms. The van der Waals surface area contributed by atoms with E-state index >= 15 is 0 Å². The number of rotatable bonds is 7. The number of cyclic esters (lactones) is 1. The predicted octanol–water partition coefficient (Wildman–Crippen LogP) is 5.14. The topological polar surface area (TPSA) is 174 Å². The number of benzene rings is 2. The number of piperidine rings is 1. The Morgan fingerprint density at radius 2 is 1.80 bits per heavy atom. The van der Waals surface area contributed by atoms with Crippen LogP contribution in [0.4, 0.5) is 0 Å². The maximum atomic E-state index is 13.7. The number of nitrogens with zero attached hydrogens (tertiary/aromatic N) is 2. The molecule has 0 aliphatic carbocycles. The molecule has 1 unspecified atom stereocenters. The number of nitrogens with one attached hydrogen (secondary N) is 1. The van der Waals surface area contributed by atoms with Crippen molar-refractivity contribution in [1.29, 1.82) is 0 Å². The largest absolute Gasteiger partial charge is 0.507 e. The molecule has 3 N–H and O–H groups in total. The fourth-order valence-corrected chi connectivity index (χ4v) is 8.36. The summed E-state index contributed by atoms with van der Waals surface area (Å²) in [7, 11) is 0. The van der Waals surface area contributed by atoms with Crippen LogP contribution in [0.1, 0.15) is 109 Å². The van der Waals surface area contributed by atoms with Crippen molar-refractivity contribution in [3.63, 3.8) is 0 Å². The number of phenols is 2. The summed E-state index contributed by atoms with van der Waals surface area (Å²) < 4.78 is 18.6. The first-order chi connectivity index (χ1) is 26.5. The number of carbonyl (C=O) groups excluding carboxylic acids is 4. The molecule has 5 heterocycles. The summed E-state index contributed by atoms with van der Waals surface area (Å²) in [5, 5.41) is 26.3. The van der Waals surface area contributed by atoms with Gasteiger partial charge in [0.2, 0.25) is 18.6 Å². The van der Waals surface area contributed by atoms with Crippen molar-refractivity contribution >= 4 is 29.6 Å². The summed E-state index contributed by atoms with van der Waals surface area (Å²) in [6, 6.07) is 11.7. The van der Waals surface area contributed by atoms with Gasteiger partial charge >= 0.3 is 5.97 Å². The van der Waals surface area contributed by atoms with Gasteiger partial charge in [-0.15, -0.1) is 0 Å². The molecule has 2 aromatic carbocycles. The summed E-state index contributed by atoms with van der Waals surface area (Å²) in [5.41, 5.74) is 1.51. The summed E-state index contributed by atoms with van der Waals surface area (Å²) >= 11 is 0. The van der Waals surface area contributed by atoms with Gasteiger partial charge in [0.15, 0.2) is 11.5 Å². The average Bonchev–Trinajstić information content (AvgIpc) is 3.62. The van der Waals surface area contributed by atoms with E-state index < -0.39 is 29.6 Å². The number of esters is 1. The van der Waals surface area contributed by atoms with Crippen LogP contribution >= 0.6 is 0 Å². The van der Waals surface area contributed by atoms with Crippen LogP contribution in [0.15, 0.2) is 53.3 Å². The number of pyridine rings is 1. The Bertz CT molecular complexity index is 2070. The number of phenolic OH excluding ortho intramolecular Hbond substituents is 2. The number of amides is 2. The summed E-state index contributed by atoms with van der Waals surface area (Å²) in [6.45, 7) is 3.43. The van der Waals surface area contributed by atoms with Gasteiger partial charge < -0.3 is 39.2 Å². The zero-order chi connectivity index (χ0) is 38.6. The van der Waals surface area contributed by atoms with Crippen LogP contribution in [0, 0.1) is 5.92 Å². The van der Waals surface area contributed by atoms with Gasteiger partial charge in [-0.05, 0) is 80.3 Å². The van der Waals surface area contributed by atoms with E-state index in [4.69, 9.17) is 14.2 Å². The normalized spacial score (nSPS) is 22.1. The smallest absolute Gasteiger partial charge is 0.342 e. The summed E-state index contributed by atoms with van der Waals surface area (Å²) in [5.74, 6) is -1.77. The van der Waals surface area contributed by atoms with Crippen LogP contribution in [0.5, 0.6) is 23.0 Å². The van der Waals surface area contributed by atoms with Crippen LogP contribution in [0.25, 0.3) is 6.08 Å². The van der Waals surface area contributed by atoms with E-state index in [0.29, 0.717) is 75.2 Å². The lowest BCUT2D eigenvalue weighted by Gasteiger charge is -2.42. The molecule has 13 nitrogen and oxygen atoms in total. The number of aromatic nitrogens is 1. The molecule has 0 spiro atoms. The monoisotopic (exact) mass is 753 g/mol. The lowest BCUT2D eigenvalue weighted by molar-refractivity contribution is -0.134. The third-order valence-corrected chi connectivity index (χ3v) is 11.1. The molecule has 7 rings (SSSR count). The highest BCUT2D eigenvalue weighted by molar-refractivity contribution is 5.98. The highest BCUT2D eigenvalue weighted by Crippen LogP contribution is 2.46. The Morgan fingerprint density at radius 1 is 0.982 bits per heavy atom. The van der Waals surface area contributed by atoms with Gasteiger partial charge in [-0.25, -0.2) is 4.79 Å². The van der Waals surface area contributed by atoms with E-state index in [1.807, 2.05) is 15.5 Å². The number of fused-ring (bicyclic) bond motifs is 6. The molecule has 1 saturated heterocycles. The molecule has 2 amide bonds. The van der Waals surface area contributed by atoms with Gasteiger partial charge in [0.25, 0.3) is 5.56 Å². The van der Waals surface area contributed by atoms with Gasteiger partial charge in [-0.2, -0.15) is 0 Å². The van der Waals surface area contributed by atoms with Crippen LogP contribution in [-0.4, -0.2) is 75.8 Å². The number of carbonyl (C=O) groups is 4. The maximum absolute atomic E-state index is 13.7. The molecule has 0 saturated carbocycles. The first-order valence-corrected chi connectivity index (χ1v) is 19.2. The Balaban J connectivity index is 1.11. The van der Waals surface area contributed by atoms with Crippen molar-refractivity contribution in [3.05, 3.63) is 86.8 Å². The molecule has 1 fully saturated rings. The third-order valence-electron chi connectivity index (χ3n) is 11.1. The van der Waals surface area contributed by atoms with E-state index in [0.717, 1.165) is 12.1 Å². The minimum absolute atomic E-state index is 0.0153. The lowest BCUT2D eigenvalue weighted by Crippen LogP contribution is -2.49. The van der Waals surface area contributed by atoms with E-state index in [9.17, 15) is 34.2 Å². The number of hydrogen-bond donors (Lipinski definition) is 3. The van der Waals surface area contributed by atoms with Gasteiger partial charge in [0.05, 0.1) is 6.10 Å². The highest BCUT2D eigenvalue weighted by atomic mass is 16.7. The quantitative estimate of drug-likeness (QED) is 0.274. The van der Waals surface area contributed by atoms with Gasteiger partial charge in [-0.1, -0.05) is 24.3 Å². The lowest BCUT2D eigenvalue weighted by atomic mass is 9.83. The van der Waals surface area contributed by atoms with Crippen molar-refractivity contribution in [2.24, 2.45) is 5.92 Å². The van der Waals surface area contributed by atoms with Gasteiger partial charge in [0.1, 0.15) is 22.8 Å². The van der Waals surface area contributed by atoms with Crippen LogP contribution < -0.4 is 20.3 Å². The summed E-state index contributed by atoms with van der Waals surface area (Å²) in [4.78, 5) is 67.2. The van der Waals surface area contributed by atoms with E-state index in [1.165, 1.54) is 6.07 Å². The Kier molecular flexibility index (Phi) is 11.3. The van der Waals surface area contributed by atoms with Gasteiger partial charge in [0, 0.05) is 81.0 Å². The molecule has 290 valence electrons. The molecule has 4 atom stereocenters. The second-order valence-corrected chi connectivity index (χ2v) is 15.0. The number of ketones is 1. The maximum Gasteiger partial charge on any atom is 0.342 e. The minimum atomic E-state index is -0.950. The number of likely N-dealkylation sites (tertiary alicyclic amines) is 1. The second-order valence-electron chi connectivity index (χ2n) is 15.0. The second kappa shape index (κ2) is 16.4. The fraction of sp³-hybridized carbons (Fsp3) is 0.452. The van der Waals surface area contributed by atoms with Crippen LogP contribution in [0.2, 0.25) is 0 Å². The third kappa shape index (κ3) is 8.40. The van der Waals surface area contributed by atoms with Crippen LogP contribution in [0.3, 0.4) is 0 Å². The van der Waals surface area contributed by atoms with E-state index in [1.54, 1.807) is 49.4 Å². The zero-order valence-corrected chi connectivity index (χ0v) is 31.0. The molecule has 4 aliphatic rings.